The van der Waals surface area contributed by atoms with Gasteiger partial charge in [0.1, 0.15) is 0 Å². The smallest absolute Gasteiger partial charge is 0.271 e. The number of anilines is 1. The minimum atomic E-state index is -4.02. The Labute approximate surface area is 135 Å². The number of ether oxygens (including phenoxy) is 1. The van der Waals surface area contributed by atoms with Crippen molar-refractivity contribution in [1.82, 2.24) is 0 Å². The number of amides is 1. The number of hydrogen-bond donors (Lipinski definition) is 0. The summed E-state index contributed by atoms with van der Waals surface area (Å²) in [5.74, 6) is -0.710. The van der Waals surface area contributed by atoms with Gasteiger partial charge in [0.05, 0.1) is 24.0 Å². The molecule has 1 amide bonds. The highest BCUT2D eigenvalue weighted by Gasteiger charge is 2.29. The average molecular weight is 331 g/mol. The summed E-state index contributed by atoms with van der Waals surface area (Å²) in [6.07, 6.45) is 2.21. The van der Waals surface area contributed by atoms with E-state index >= 15 is 0 Å². The Morgan fingerprint density at radius 3 is 2.22 bits per heavy atom. The van der Waals surface area contributed by atoms with Gasteiger partial charge < -0.3 is 4.74 Å². The minimum absolute atomic E-state index is 0.0473. The SMILES string of the molecule is CO/C=C/C(=O)N(c1ccccc1)S(=O)(=O)c1ccc(C)cc1. The molecular formula is C17H17NO4S. The van der Waals surface area contributed by atoms with E-state index in [0.717, 1.165) is 22.2 Å². The number of benzene rings is 2. The topological polar surface area (TPSA) is 63.7 Å². The number of para-hydroxylation sites is 1. The van der Waals surface area contributed by atoms with E-state index < -0.39 is 15.9 Å². The third-order valence-electron chi connectivity index (χ3n) is 3.10. The van der Waals surface area contributed by atoms with Crippen molar-refractivity contribution in [3.05, 3.63) is 72.5 Å². The number of methoxy groups -OCH3 is 1. The predicted octanol–water partition coefficient (Wildman–Crippen LogP) is 2.88. The van der Waals surface area contributed by atoms with E-state index in [2.05, 4.69) is 0 Å². The summed E-state index contributed by atoms with van der Waals surface area (Å²) in [6.45, 7) is 1.86. The molecule has 0 fully saturated rings. The van der Waals surface area contributed by atoms with Crippen LogP contribution in [0.4, 0.5) is 5.69 Å². The van der Waals surface area contributed by atoms with Gasteiger partial charge in [-0.3, -0.25) is 4.79 Å². The van der Waals surface area contributed by atoms with E-state index in [1.165, 1.54) is 19.2 Å². The normalized spacial score (nSPS) is 11.4. The molecule has 2 rings (SSSR count). The Morgan fingerprint density at radius 1 is 1.04 bits per heavy atom. The van der Waals surface area contributed by atoms with Crippen LogP contribution in [0, 0.1) is 6.92 Å². The molecule has 0 atom stereocenters. The van der Waals surface area contributed by atoms with Gasteiger partial charge in [-0.25, -0.2) is 8.42 Å². The first-order chi connectivity index (χ1) is 11.0. The molecule has 6 heteroatoms. The van der Waals surface area contributed by atoms with Gasteiger partial charge in [-0.15, -0.1) is 0 Å². The molecule has 0 aliphatic carbocycles. The number of nitrogens with zero attached hydrogens (tertiary/aromatic N) is 1. The lowest BCUT2D eigenvalue weighted by Crippen LogP contribution is -2.35. The van der Waals surface area contributed by atoms with Gasteiger partial charge in [-0.1, -0.05) is 35.9 Å². The summed E-state index contributed by atoms with van der Waals surface area (Å²) in [5.41, 5.74) is 1.19. The van der Waals surface area contributed by atoms with Gasteiger partial charge in [-0.05, 0) is 31.2 Å². The number of aryl methyl sites for hydroxylation is 1. The standard InChI is InChI=1S/C17H17NO4S/c1-14-8-10-16(11-9-14)23(20,21)18(17(19)12-13-22-2)15-6-4-3-5-7-15/h3-13H,1-2H3/b13-12+. The van der Waals surface area contributed by atoms with Gasteiger partial charge in [0.15, 0.2) is 0 Å². The summed E-state index contributed by atoms with van der Waals surface area (Å²) < 4.78 is 31.2. The van der Waals surface area contributed by atoms with Gasteiger partial charge in [0.25, 0.3) is 15.9 Å². The first-order valence-corrected chi connectivity index (χ1v) is 8.31. The summed E-state index contributed by atoms with van der Waals surface area (Å²) in [5, 5.41) is 0. The Balaban J connectivity index is 2.54. The molecule has 0 aromatic heterocycles. The zero-order valence-corrected chi connectivity index (χ0v) is 13.7. The maximum absolute atomic E-state index is 12.9. The first kappa shape index (κ1) is 16.8. The van der Waals surface area contributed by atoms with Crippen LogP contribution >= 0.6 is 0 Å². The van der Waals surface area contributed by atoms with Gasteiger partial charge in [0, 0.05) is 6.08 Å². The summed E-state index contributed by atoms with van der Waals surface area (Å²) >= 11 is 0. The van der Waals surface area contributed by atoms with Crippen LogP contribution in [-0.4, -0.2) is 21.4 Å². The molecule has 0 aliphatic rings. The molecular weight excluding hydrogens is 314 g/mol. The molecule has 2 aromatic rings. The van der Waals surface area contributed by atoms with Crippen molar-refractivity contribution in [3.63, 3.8) is 0 Å². The molecule has 0 heterocycles. The highest BCUT2D eigenvalue weighted by Crippen LogP contribution is 2.24. The number of rotatable bonds is 5. The molecule has 0 aliphatic heterocycles. The summed E-state index contributed by atoms with van der Waals surface area (Å²) in [7, 11) is -2.64. The van der Waals surface area contributed by atoms with Crippen molar-refractivity contribution in [3.8, 4) is 0 Å². The Bertz CT molecular complexity index is 796. The highest BCUT2D eigenvalue weighted by molar-refractivity contribution is 7.93. The van der Waals surface area contributed by atoms with E-state index in [0.29, 0.717) is 0 Å². The van der Waals surface area contributed by atoms with Crippen molar-refractivity contribution in [2.24, 2.45) is 0 Å². The minimum Gasteiger partial charge on any atom is -0.504 e. The fourth-order valence-corrected chi connectivity index (χ4v) is 3.35. The Hall–Kier alpha value is -2.60. The second-order valence-electron chi connectivity index (χ2n) is 4.79. The van der Waals surface area contributed by atoms with Gasteiger partial charge in [-0.2, -0.15) is 4.31 Å². The molecule has 0 radical (unpaired) electrons. The zero-order chi connectivity index (χ0) is 16.9. The summed E-state index contributed by atoms with van der Waals surface area (Å²) in [4.78, 5) is 12.4. The van der Waals surface area contributed by atoms with E-state index in [4.69, 9.17) is 4.74 Å². The van der Waals surface area contributed by atoms with E-state index in [-0.39, 0.29) is 10.6 Å². The maximum Gasteiger partial charge on any atom is 0.271 e. The lowest BCUT2D eigenvalue weighted by Gasteiger charge is -2.21. The molecule has 0 unspecified atom stereocenters. The van der Waals surface area contributed by atoms with Crippen LogP contribution in [0.2, 0.25) is 0 Å². The molecule has 5 nitrogen and oxygen atoms in total. The number of sulfonamides is 1. The van der Waals surface area contributed by atoms with Crippen LogP contribution in [0.25, 0.3) is 0 Å². The molecule has 2 aromatic carbocycles. The molecule has 0 spiro atoms. The van der Waals surface area contributed by atoms with Crippen molar-refractivity contribution in [2.45, 2.75) is 11.8 Å². The fraction of sp³-hybridized carbons (Fsp3) is 0.118. The van der Waals surface area contributed by atoms with Crippen LogP contribution in [0.5, 0.6) is 0 Å². The lowest BCUT2D eigenvalue weighted by molar-refractivity contribution is -0.113. The van der Waals surface area contributed by atoms with Crippen molar-refractivity contribution in [1.29, 1.82) is 0 Å². The summed E-state index contributed by atoms with van der Waals surface area (Å²) in [6, 6.07) is 14.5. The van der Waals surface area contributed by atoms with Gasteiger partial charge in [0.2, 0.25) is 0 Å². The molecule has 23 heavy (non-hydrogen) atoms. The van der Waals surface area contributed by atoms with Crippen LogP contribution < -0.4 is 4.31 Å². The Kier molecular flexibility index (Phi) is 5.18. The molecule has 0 saturated heterocycles. The molecule has 0 saturated carbocycles. The van der Waals surface area contributed by atoms with Crippen molar-refractivity contribution < 1.29 is 17.9 Å². The largest absolute Gasteiger partial charge is 0.504 e. The van der Waals surface area contributed by atoms with Crippen LogP contribution in [0.3, 0.4) is 0 Å². The number of hydrogen-bond acceptors (Lipinski definition) is 4. The van der Waals surface area contributed by atoms with E-state index in [9.17, 15) is 13.2 Å². The quantitative estimate of drug-likeness (QED) is 0.624. The van der Waals surface area contributed by atoms with Crippen LogP contribution in [0.15, 0.2) is 71.8 Å². The van der Waals surface area contributed by atoms with Crippen molar-refractivity contribution in [2.75, 3.05) is 11.4 Å². The molecule has 0 bridgehead atoms. The van der Waals surface area contributed by atoms with Crippen molar-refractivity contribution >= 4 is 21.6 Å². The number of carbonyl (C=O) groups is 1. The van der Waals surface area contributed by atoms with E-state index in [1.54, 1.807) is 42.5 Å². The zero-order valence-electron chi connectivity index (χ0n) is 12.8. The highest BCUT2D eigenvalue weighted by atomic mass is 32.2. The first-order valence-electron chi connectivity index (χ1n) is 6.87. The third kappa shape index (κ3) is 3.78. The monoisotopic (exact) mass is 331 g/mol. The Morgan fingerprint density at radius 2 is 1.65 bits per heavy atom. The van der Waals surface area contributed by atoms with Crippen LogP contribution in [0.1, 0.15) is 5.56 Å². The molecule has 0 N–H and O–H groups in total. The molecule has 120 valence electrons. The average Bonchev–Trinajstić information content (AvgIpc) is 2.54. The fourth-order valence-electron chi connectivity index (χ4n) is 1.96. The van der Waals surface area contributed by atoms with Gasteiger partial charge >= 0.3 is 0 Å². The second-order valence-corrected chi connectivity index (χ2v) is 6.58. The maximum atomic E-state index is 12.9. The van der Waals surface area contributed by atoms with Crippen LogP contribution in [-0.2, 0) is 19.6 Å². The predicted molar refractivity (Wildman–Crippen MR) is 88.4 cm³/mol. The van der Waals surface area contributed by atoms with E-state index in [1.807, 2.05) is 6.92 Å². The lowest BCUT2D eigenvalue weighted by atomic mass is 10.2. The third-order valence-corrected chi connectivity index (χ3v) is 4.84. The number of carbonyl (C=O) groups excluding carboxylic acids is 1. The second kappa shape index (κ2) is 7.11.